The first kappa shape index (κ1) is 18.9. The van der Waals surface area contributed by atoms with Crippen molar-refractivity contribution in [3.8, 4) is 5.75 Å². The average molecular weight is 411 g/mol. The van der Waals surface area contributed by atoms with E-state index in [1.54, 1.807) is 0 Å². The minimum Gasteiger partial charge on any atom is -0.461 e. The Hall–Kier alpha value is -1.85. The summed E-state index contributed by atoms with van der Waals surface area (Å²) >= 11 is 0. The molecule has 30 heavy (non-hydrogen) atoms. The van der Waals surface area contributed by atoms with Gasteiger partial charge in [-0.05, 0) is 62.0 Å². The predicted octanol–water partition coefficient (Wildman–Crippen LogP) is 4.15. The summed E-state index contributed by atoms with van der Waals surface area (Å²) in [6, 6.07) is 5.82. The molecule has 5 nitrogen and oxygen atoms in total. The molecular weight excluding hydrogens is 380 g/mol. The van der Waals surface area contributed by atoms with Crippen LogP contribution >= 0.6 is 0 Å². The summed E-state index contributed by atoms with van der Waals surface area (Å²) in [5.41, 5.74) is 1.10. The number of esters is 1. The van der Waals surface area contributed by atoms with Gasteiger partial charge >= 0.3 is 5.97 Å². The van der Waals surface area contributed by atoms with Crippen molar-refractivity contribution in [1.29, 1.82) is 0 Å². The summed E-state index contributed by atoms with van der Waals surface area (Å²) in [7, 11) is 0. The van der Waals surface area contributed by atoms with Crippen molar-refractivity contribution < 1.29 is 24.1 Å². The topological polar surface area (TPSA) is 65.0 Å². The second kappa shape index (κ2) is 5.89. The zero-order valence-corrected chi connectivity index (χ0v) is 17.9. The van der Waals surface area contributed by atoms with Crippen LogP contribution in [-0.2, 0) is 19.9 Å². The number of ether oxygens (including phenoxy) is 3. The quantitative estimate of drug-likeness (QED) is 0.514. The summed E-state index contributed by atoms with van der Waals surface area (Å²) in [6.07, 6.45) is 6.55. The Morgan fingerprint density at radius 3 is 2.83 bits per heavy atom. The Labute approximate surface area is 177 Å². The van der Waals surface area contributed by atoms with Crippen LogP contribution in [0.25, 0.3) is 0 Å². The van der Waals surface area contributed by atoms with E-state index in [1.165, 1.54) is 18.4 Å². The summed E-state index contributed by atoms with van der Waals surface area (Å²) in [5, 5.41) is 11.4. The molecule has 2 saturated heterocycles. The highest BCUT2D eigenvalue weighted by Gasteiger charge is 2.67. The smallest absolute Gasteiger partial charge is 0.339 e. The van der Waals surface area contributed by atoms with E-state index in [2.05, 4.69) is 19.9 Å². The zero-order valence-electron chi connectivity index (χ0n) is 17.9. The lowest BCUT2D eigenvalue weighted by molar-refractivity contribution is -0.273. The molecule has 1 spiro atoms. The molecule has 1 aromatic rings. The SMILES string of the molecule is Cc1ccc2c(c1)O[C@H]1O[C@@]3(CC[C@@]21O)C(=O)O[C@@H]1C[C@@]2(C)CCC[C@H](C)C2=C[C@@H]13. The molecule has 0 bridgehead atoms. The van der Waals surface area contributed by atoms with Crippen molar-refractivity contribution in [2.75, 3.05) is 0 Å². The molecule has 0 amide bonds. The molecule has 0 aromatic heterocycles. The Kier molecular flexibility index (Phi) is 3.71. The second-order valence-corrected chi connectivity index (χ2v) is 10.5. The number of hydrogen-bond acceptors (Lipinski definition) is 5. The van der Waals surface area contributed by atoms with Crippen LogP contribution < -0.4 is 4.74 Å². The lowest BCUT2D eigenvalue weighted by Gasteiger charge is -2.48. The van der Waals surface area contributed by atoms with Gasteiger partial charge in [0.25, 0.3) is 0 Å². The van der Waals surface area contributed by atoms with Gasteiger partial charge in [-0.15, -0.1) is 0 Å². The number of rotatable bonds is 0. The van der Waals surface area contributed by atoms with Crippen molar-refractivity contribution in [2.45, 2.75) is 82.9 Å². The predicted molar refractivity (Wildman–Crippen MR) is 110 cm³/mol. The molecule has 1 saturated carbocycles. The molecule has 7 atom stereocenters. The molecule has 5 heteroatoms. The molecule has 3 heterocycles. The van der Waals surface area contributed by atoms with E-state index in [1.807, 2.05) is 25.1 Å². The number of carbonyl (C=O) groups is 1. The summed E-state index contributed by atoms with van der Waals surface area (Å²) in [5.74, 6) is 0.764. The van der Waals surface area contributed by atoms with E-state index in [0.29, 0.717) is 24.5 Å². The highest BCUT2D eigenvalue weighted by molar-refractivity contribution is 5.83. The van der Waals surface area contributed by atoms with Crippen LogP contribution in [0.1, 0.15) is 63.5 Å². The highest BCUT2D eigenvalue weighted by atomic mass is 16.7. The van der Waals surface area contributed by atoms with Gasteiger partial charge in [-0.1, -0.05) is 44.1 Å². The Bertz CT molecular complexity index is 968. The van der Waals surface area contributed by atoms with Crippen LogP contribution in [0.15, 0.2) is 29.8 Å². The van der Waals surface area contributed by atoms with E-state index >= 15 is 0 Å². The van der Waals surface area contributed by atoms with Gasteiger partial charge in [0.05, 0.1) is 5.92 Å². The van der Waals surface area contributed by atoms with Crippen LogP contribution in [0.4, 0.5) is 0 Å². The van der Waals surface area contributed by atoms with E-state index in [-0.39, 0.29) is 23.4 Å². The van der Waals surface area contributed by atoms with Gasteiger partial charge in [0.15, 0.2) is 11.2 Å². The maximum absolute atomic E-state index is 13.2. The monoisotopic (exact) mass is 410 g/mol. The van der Waals surface area contributed by atoms with Crippen molar-refractivity contribution >= 4 is 5.97 Å². The lowest BCUT2D eigenvalue weighted by atomic mass is 9.58. The first-order chi connectivity index (χ1) is 14.3. The minimum absolute atomic E-state index is 0.109. The minimum atomic E-state index is -1.22. The number of aliphatic hydroxyl groups is 1. The first-order valence-corrected chi connectivity index (χ1v) is 11.4. The number of carbonyl (C=O) groups excluding carboxylic acids is 1. The van der Waals surface area contributed by atoms with Crippen molar-refractivity contribution in [3.05, 3.63) is 41.0 Å². The summed E-state index contributed by atoms with van der Waals surface area (Å²) in [4.78, 5) is 13.2. The Morgan fingerprint density at radius 1 is 1.17 bits per heavy atom. The fraction of sp³-hybridized carbons (Fsp3) is 0.640. The van der Waals surface area contributed by atoms with Gasteiger partial charge in [-0.2, -0.15) is 0 Å². The first-order valence-electron chi connectivity index (χ1n) is 11.4. The van der Waals surface area contributed by atoms with Gasteiger partial charge < -0.3 is 19.3 Å². The van der Waals surface area contributed by atoms with Gasteiger partial charge in [0.1, 0.15) is 11.9 Å². The van der Waals surface area contributed by atoms with Crippen LogP contribution in [0.5, 0.6) is 5.75 Å². The molecule has 160 valence electrons. The molecule has 0 radical (unpaired) electrons. The van der Waals surface area contributed by atoms with Crippen LogP contribution in [0.2, 0.25) is 0 Å². The molecular formula is C25H30O5. The summed E-state index contributed by atoms with van der Waals surface area (Å²) < 4.78 is 18.4. The highest BCUT2D eigenvalue weighted by Crippen LogP contribution is 2.59. The molecule has 5 aliphatic rings. The zero-order chi connectivity index (χ0) is 20.9. The van der Waals surface area contributed by atoms with E-state index in [9.17, 15) is 9.90 Å². The van der Waals surface area contributed by atoms with Crippen molar-refractivity contribution in [1.82, 2.24) is 0 Å². The molecule has 2 aliphatic carbocycles. The normalized spacial score (nSPS) is 46.3. The number of hydrogen-bond donors (Lipinski definition) is 1. The number of benzene rings is 1. The number of allylic oxidation sites excluding steroid dienone is 1. The molecule has 6 rings (SSSR count). The largest absolute Gasteiger partial charge is 0.461 e. The maximum Gasteiger partial charge on any atom is 0.339 e. The van der Waals surface area contributed by atoms with Gasteiger partial charge in [-0.3, -0.25) is 0 Å². The van der Waals surface area contributed by atoms with E-state index in [0.717, 1.165) is 24.0 Å². The van der Waals surface area contributed by atoms with E-state index < -0.39 is 17.5 Å². The molecule has 3 fully saturated rings. The van der Waals surface area contributed by atoms with Crippen molar-refractivity contribution in [2.24, 2.45) is 17.3 Å². The van der Waals surface area contributed by atoms with Gasteiger partial charge in [0.2, 0.25) is 6.29 Å². The lowest BCUT2D eigenvalue weighted by Crippen LogP contribution is -2.58. The fourth-order valence-electron chi connectivity index (χ4n) is 6.89. The molecule has 1 N–H and O–H groups in total. The third-order valence-corrected chi connectivity index (χ3v) is 8.57. The standard InChI is InChI=1S/C25H30O5/c1-14-6-7-16-19(11-14)29-22-24(16,27)9-10-25(30-22)18-12-17-15(2)5-4-8-23(17,3)13-20(18)28-21(25)26/h6-7,11-12,15,18,20,22,27H,4-5,8-10,13H2,1-3H3/t15-,18-,20+,22-,23+,24+,25+/m0/s1. The molecule has 3 aliphatic heterocycles. The number of fused-ring (bicyclic) bond motifs is 6. The molecule has 1 aromatic carbocycles. The van der Waals surface area contributed by atoms with E-state index in [4.69, 9.17) is 14.2 Å². The second-order valence-electron chi connectivity index (χ2n) is 10.5. The molecule has 0 unspecified atom stereocenters. The Balaban J connectivity index is 1.38. The van der Waals surface area contributed by atoms with Crippen LogP contribution in [0, 0.1) is 24.2 Å². The van der Waals surface area contributed by atoms with Crippen LogP contribution in [0.3, 0.4) is 0 Å². The van der Waals surface area contributed by atoms with Gasteiger partial charge in [0, 0.05) is 5.56 Å². The number of aryl methyl sites for hydroxylation is 1. The third-order valence-electron chi connectivity index (χ3n) is 8.57. The van der Waals surface area contributed by atoms with Gasteiger partial charge in [-0.25, -0.2) is 4.79 Å². The average Bonchev–Trinajstić information content (AvgIpc) is 3.11. The maximum atomic E-state index is 13.2. The third kappa shape index (κ3) is 2.28. The van der Waals surface area contributed by atoms with Crippen molar-refractivity contribution in [3.63, 3.8) is 0 Å². The Morgan fingerprint density at radius 2 is 2.00 bits per heavy atom. The fourth-order valence-corrected chi connectivity index (χ4v) is 6.89. The summed E-state index contributed by atoms with van der Waals surface area (Å²) in [6.45, 7) is 6.62. The van der Waals surface area contributed by atoms with Crippen LogP contribution in [-0.4, -0.2) is 29.1 Å².